The van der Waals surface area contributed by atoms with Crippen molar-refractivity contribution in [2.75, 3.05) is 0 Å². The average Bonchev–Trinajstić information content (AvgIpc) is 2.84. The number of aromatic hydroxyl groups is 1. The van der Waals surface area contributed by atoms with Gasteiger partial charge in [0.25, 0.3) is 0 Å². The van der Waals surface area contributed by atoms with Crippen LogP contribution in [0.4, 0.5) is 0 Å². The highest BCUT2D eigenvalue weighted by Crippen LogP contribution is 2.14. The van der Waals surface area contributed by atoms with Crippen molar-refractivity contribution in [1.82, 2.24) is 16.0 Å². The Hall–Kier alpha value is -3.18. The third-order valence-electron chi connectivity index (χ3n) is 6.41. The zero-order valence-electron chi connectivity index (χ0n) is 21.5. The molecule has 1 rings (SSSR count). The normalized spacial score (nSPS) is 17.0. The van der Waals surface area contributed by atoms with Gasteiger partial charge in [-0.15, -0.1) is 0 Å². The highest BCUT2D eigenvalue weighted by Gasteiger charge is 2.34. The minimum atomic E-state index is -1.59. The molecule has 0 fully saturated rings. The second-order valence-corrected chi connectivity index (χ2v) is 9.28. The molecule has 0 radical (unpaired) electrons. The van der Waals surface area contributed by atoms with Gasteiger partial charge in [-0.05, 0) is 36.5 Å². The number of hydrogen-bond donors (Lipinski definition) is 7. The average molecular weight is 509 g/mol. The minimum absolute atomic E-state index is 0.0148. The van der Waals surface area contributed by atoms with Gasteiger partial charge in [-0.3, -0.25) is 14.4 Å². The Kier molecular flexibility index (Phi) is 12.3. The van der Waals surface area contributed by atoms with Gasteiger partial charge >= 0.3 is 5.97 Å². The van der Waals surface area contributed by atoms with E-state index in [2.05, 4.69) is 16.0 Å². The molecular formula is C25H40N4O7. The van der Waals surface area contributed by atoms with Crippen molar-refractivity contribution in [3.05, 3.63) is 29.8 Å². The Bertz CT molecular complexity index is 891. The van der Waals surface area contributed by atoms with E-state index < -0.39 is 54.0 Å². The molecule has 7 unspecified atom stereocenters. The second kappa shape index (κ2) is 14.4. The molecule has 0 saturated heterocycles. The van der Waals surface area contributed by atoms with Crippen LogP contribution in [-0.4, -0.2) is 69.3 Å². The van der Waals surface area contributed by atoms with Gasteiger partial charge in [0.15, 0.2) is 6.04 Å². The lowest BCUT2D eigenvalue weighted by atomic mass is 9.95. The van der Waals surface area contributed by atoms with Gasteiger partial charge in [0.1, 0.15) is 17.8 Å². The molecule has 0 spiro atoms. The van der Waals surface area contributed by atoms with E-state index in [0.29, 0.717) is 18.4 Å². The zero-order chi connectivity index (χ0) is 27.6. The van der Waals surface area contributed by atoms with Crippen LogP contribution in [0, 0.1) is 11.8 Å². The first-order chi connectivity index (χ1) is 16.8. The molecule has 0 bridgehead atoms. The molecule has 0 aromatic heterocycles. The summed E-state index contributed by atoms with van der Waals surface area (Å²) in [6.45, 7) is 8.60. The van der Waals surface area contributed by atoms with Gasteiger partial charge in [0.05, 0.1) is 12.1 Å². The molecule has 1 aromatic carbocycles. The number of rotatable bonds is 14. The summed E-state index contributed by atoms with van der Waals surface area (Å²) in [6, 6.07) is 1.34. The summed E-state index contributed by atoms with van der Waals surface area (Å²) in [5, 5.41) is 36.2. The lowest BCUT2D eigenvalue weighted by Crippen LogP contribution is -2.60. The summed E-state index contributed by atoms with van der Waals surface area (Å²) in [7, 11) is 0. The van der Waals surface area contributed by atoms with Crippen LogP contribution in [0.15, 0.2) is 24.3 Å². The molecule has 202 valence electrons. The van der Waals surface area contributed by atoms with E-state index in [1.54, 1.807) is 19.1 Å². The van der Waals surface area contributed by atoms with Gasteiger partial charge < -0.3 is 37.0 Å². The molecule has 3 amide bonds. The van der Waals surface area contributed by atoms with Gasteiger partial charge in [0, 0.05) is 6.42 Å². The summed E-state index contributed by atoms with van der Waals surface area (Å²) in [4.78, 5) is 50.5. The summed E-state index contributed by atoms with van der Waals surface area (Å²) in [6.07, 6.45) is -0.185. The van der Waals surface area contributed by atoms with E-state index in [1.165, 1.54) is 19.1 Å². The zero-order valence-corrected chi connectivity index (χ0v) is 21.5. The van der Waals surface area contributed by atoms with Crippen LogP contribution in [0.3, 0.4) is 0 Å². The van der Waals surface area contributed by atoms with Crippen molar-refractivity contribution in [3.8, 4) is 5.75 Å². The maximum absolute atomic E-state index is 13.3. The van der Waals surface area contributed by atoms with Crippen LogP contribution in [0.2, 0.25) is 0 Å². The lowest BCUT2D eigenvalue weighted by Gasteiger charge is -2.29. The molecule has 11 heteroatoms. The highest BCUT2D eigenvalue weighted by molar-refractivity contribution is 5.94. The first-order valence-corrected chi connectivity index (χ1v) is 12.2. The Labute approximate surface area is 211 Å². The standard InChI is InChI=1S/C25H40N4O7/c1-6-13(3)19(26)23(33)28-20(14(4)7-2)24(34)27-18(12-16-8-10-17(31)11-9-16)22(32)29-21(15(5)30)25(35)36/h8-11,13-15,18-21,30-31H,6-7,12,26H2,1-5H3,(H,27,34)(H,28,33)(H,29,32)(H,35,36). The summed E-state index contributed by atoms with van der Waals surface area (Å²) in [5.41, 5.74) is 6.61. The summed E-state index contributed by atoms with van der Waals surface area (Å²) < 4.78 is 0. The number of carbonyl (C=O) groups is 4. The number of carboxylic acid groups (broad SMARTS) is 1. The largest absolute Gasteiger partial charge is 0.508 e. The lowest BCUT2D eigenvalue weighted by molar-refractivity contribution is -0.145. The van der Waals surface area contributed by atoms with E-state index in [-0.39, 0.29) is 24.0 Å². The Morgan fingerprint density at radius 1 is 0.833 bits per heavy atom. The maximum atomic E-state index is 13.3. The van der Waals surface area contributed by atoms with Crippen molar-refractivity contribution in [1.29, 1.82) is 0 Å². The Morgan fingerprint density at radius 3 is 1.83 bits per heavy atom. The number of aliphatic hydroxyl groups excluding tert-OH is 1. The van der Waals surface area contributed by atoms with Crippen LogP contribution in [-0.2, 0) is 25.6 Å². The third kappa shape index (κ3) is 9.12. The predicted octanol–water partition coefficient (Wildman–Crippen LogP) is 0.274. The van der Waals surface area contributed by atoms with Crippen molar-refractivity contribution >= 4 is 23.7 Å². The van der Waals surface area contributed by atoms with E-state index >= 15 is 0 Å². The van der Waals surface area contributed by atoms with Crippen molar-refractivity contribution in [2.24, 2.45) is 17.6 Å². The number of hydrogen-bond acceptors (Lipinski definition) is 7. The van der Waals surface area contributed by atoms with Crippen LogP contribution < -0.4 is 21.7 Å². The number of nitrogens with one attached hydrogen (secondary N) is 3. The molecule has 11 nitrogen and oxygen atoms in total. The number of carboxylic acids is 1. The van der Waals surface area contributed by atoms with Crippen molar-refractivity contribution < 1.29 is 34.5 Å². The number of phenolic OH excluding ortho intramolecular Hbond substituents is 1. The predicted molar refractivity (Wildman–Crippen MR) is 134 cm³/mol. The Balaban J connectivity index is 3.20. The fourth-order valence-corrected chi connectivity index (χ4v) is 3.44. The SMILES string of the molecule is CCC(C)C(N)C(=O)NC(C(=O)NC(Cc1ccc(O)cc1)C(=O)NC(C(=O)O)C(C)O)C(C)CC. The number of amides is 3. The van der Waals surface area contributed by atoms with Gasteiger partial charge in [-0.25, -0.2) is 4.79 Å². The van der Waals surface area contributed by atoms with Crippen LogP contribution in [0.5, 0.6) is 5.75 Å². The monoisotopic (exact) mass is 508 g/mol. The van der Waals surface area contributed by atoms with E-state index in [1.807, 2.05) is 20.8 Å². The number of nitrogens with two attached hydrogens (primary N) is 1. The van der Waals surface area contributed by atoms with Crippen LogP contribution in [0.25, 0.3) is 0 Å². The molecular weight excluding hydrogens is 468 g/mol. The molecule has 0 saturated carbocycles. The number of aliphatic hydroxyl groups is 1. The molecule has 7 atom stereocenters. The molecule has 0 aliphatic rings. The number of aliphatic carboxylic acids is 1. The molecule has 8 N–H and O–H groups in total. The number of phenols is 1. The minimum Gasteiger partial charge on any atom is -0.508 e. The Morgan fingerprint density at radius 2 is 1.36 bits per heavy atom. The van der Waals surface area contributed by atoms with Crippen LogP contribution >= 0.6 is 0 Å². The number of benzene rings is 1. The third-order valence-corrected chi connectivity index (χ3v) is 6.41. The quantitative estimate of drug-likeness (QED) is 0.186. The van der Waals surface area contributed by atoms with Crippen LogP contribution in [0.1, 0.15) is 53.0 Å². The molecule has 0 aliphatic heterocycles. The number of carbonyl (C=O) groups excluding carboxylic acids is 3. The fourth-order valence-electron chi connectivity index (χ4n) is 3.44. The molecule has 0 aliphatic carbocycles. The van der Waals surface area contributed by atoms with E-state index in [4.69, 9.17) is 5.73 Å². The molecule has 1 aromatic rings. The van der Waals surface area contributed by atoms with Crippen molar-refractivity contribution in [2.45, 2.75) is 84.2 Å². The highest BCUT2D eigenvalue weighted by atomic mass is 16.4. The first kappa shape index (κ1) is 30.9. The van der Waals surface area contributed by atoms with Gasteiger partial charge in [-0.2, -0.15) is 0 Å². The second-order valence-electron chi connectivity index (χ2n) is 9.28. The summed E-state index contributed by atoms with van der Waals surface area (Å²) >= 11 is 0. The van der Waals surface area contributed by atoms with Gasteiger partial charge in [0.2, 0.25) is 17.7 Å². The smallest absolute Gasteiger partial charge is 0.328 e. The fraction of sp³-hybridized carbons (Fsp3) is 0.600. The van der Waals surface area contributed by atoms with Crippen molar-refractivity contribution in [3.63, 3.8) is 0 Å². The summed E-state index contributed by atoms with van der Waals surface area (Å²) in [5.74, 6) is -3.75. The maximum Gasteiger partial charge on any atom is 0.328 e. The van der Waals surface area contributed by atoms with E-state index in [0.717, 1.165) is 0 Å². The first-order valence-electron chi connectivity index (χ1n) is 12.2. The molecule has 0 heterocycles. The van der Waals surface area contributed by atoms with Gasteiger partial charge in [-0.1, -0.05) is 52.7 Å². The van der Waals surface area contributed by atoms with E-state index in [9.17, 15) is 34.5 Å². The molecule has 36 heavy (non-hydrogen) atoms. The topological polar surface area (TPSA) is 191 Å².